The third-order valence-electron chi connectivity index (χ3n) is 3.82. The number of benzene rings is 1. The van der Waals surface area contributed by atoms with Gasteiger partial charge >= 0.3 is 0 Å². The van der Waals surface area contributed by atoms with E-state index in [-0.39, 0.29) is 18.1 Å². The number of nitrogens with one attached hydrogen (secondary N) is 1. The standard InChI is InChI=1S/C17H26N2O2/c1-3-4-12-21-13-8-11-19-16(18-14(2)17(19)20)15-9-6-5-7-10-15/h5-7,9-10,14,16,18H,3-4,8,11-13H2,1-2H3. The minimum Gasteiger partial charge on any atom is -0.381 e. The fourth-order valence-corrected chi connectivity index (χ4v) is 2.61. The van der Waals surface area contributed by atoms with Crippen molar-refractivity contribution >= 4 is 5.91 Å². The van der Waals surface area contributed by atoms with Crippen LogP contribution in [0.25, 0.3) is 0 Å². The molecule has 0 radical (unpaired) electrons. The molecule has 0 aliphatic carbocycles. The van der Waals surface area contributed by atoms with E-state index in [1.165, 1.54) is 0 Å². The van der Waals surface area contributed by atoms with Crippen LogP contribution in [0.2, 0.25) is 0 Å². The smallest absolute Gasteiger partial charge is 0.241 e. The molecule has 2 atom stereocenters. The summed E-state index contributed by atoms with van der Waals surface area (Å²) in [4.78, 5) is 14.2. The molecule has 1 saturated heterocycles. The number of hydrogen-bond acceptors (Lipinski definition) is 3. The molecule has 2 unspecified atom stereocenters. The molecular formula is C17H26N2O2. The number of carbonyl (C=O) groups excluding carboxylic acids is 1. The van der Waals surface area contributed by atoms with Gasteiger partial charge in [0.1, 0.15) is 6.17 Å². The summed E-state index contributed by atoms with van der Waals surface area (Å²) >= 11 is 0. The lowest BCUT2D eigenvalue weighted by atomic mass is 10.1. The summed E-state index contributed by atoms with van der Waals surface area (Å²) in [6.07, 6.45) is 3.13. The average Bonchev–Trinajstić information content (AvgIpc) is 2.80. The van der Waals surface area contributed by atoms with Crippen molar-refractivity contribution in [2.75, 3.05) is 19.8 Å². The predicted molar refractivity (Wildman–Crippen MR) is 83.8 cm³/mol. The quantitative estimate of drug-likeness (QED) is 0.749. The van der Waals surface area contributed by atoms with Crippen molar-refractivity contribution in [3.05, 3.63) is 35.9 Å². The summed E-state index contributed by atoms with van der Waals surface area (Å²) < 4.78 is 5.58. The van der Waals surface area contributed by atoms with Crippen LogP contribution in [0.3, 0.4) is 0 Å². The highest BCUT2D eigenvalue weighted by Crippen LogP contribution is 2.25. The number of rotatable bonds is 8. The van der Waals surface area contributed by atoms with Gasteiger partial charge in [-0.25, -0.2) is 0 Å². The topological polar surface area (TPSA) is 41.6 Å². The summed E-state index contributed by atoms with van der Waals surface area (Å²) in [5, 5.41) is 3.37. The Morgan fingerprint density at radius 2 is 1.90 bits per heavy atom. The third kappa shape index (κ3) is 4.29. The molecular weight excluding hydrogens is 264 g/mol. The Bertz CT molecular complexity index is 436. The molecule has 1 N–H and O–H groups in total. The third-order valence-corrected chi connectivity index (χ3v) is 3.82. The molecule has 21 heavy (non-hydrogen) atoms. The zero-order chi connectivity index (χ0) is 15.1. The Morgan fingerprint density at radius 3 is 2.62 bits per heavy atom. The van der Waals surface area contributed by atoms with Crippen LogP contribution in [-0.4, -0.2) is 36.6 Å². The number of amides is 1. The first-order chi connectivity index (χ1) is 10.2. The van der Waals surface area contributed by atoms with Crippen LogP contribution in [0, 0.1) is 0 Å². The van der Waals surface area contributed by atoms with Crippen LogP contribution in [0.5, 0.6) is 0 Å². The largest absolute Gasteiger partial charge is 0.381 e. The Balaban J connectivity index is 1.87. The van der Waals surface area contributed by atoms with Crippen molar-refractivity contribution < 1.29 is 9.53 Å². The lowest BCUT2D eigenvalue weighted by molar-refractivity contribution is -0.130. The molecule has 4 nitrogen and oxygen atoms in total. The van der Waals surface area contributed by atoms with Gasteiger partial charge in [0.15, 0.2) is 0 Å². The van der Waals surface area contributed by atoms with Crippen molar-refractivity contribution in [1.82, 2.24) is 10.2 Å². The van der Waals surface area contributed by atoms with Crippen molar-refractivity contribution in [3.63, 3.8) is 0 Å². The molecule has 0 bridgehead atoms. The van der Waals surface area contributed by atoms with Crippen molar-refractivity contribution in [1.29, 1.82) is 0 Å². The van der Waals surface area contributed by atoms with E-state index < -0.39 is 0 Å². The number of nitrogens with zero attached hydrogens (tertiary/aromatic N) is 1. The molecule has 1 fully saturated rings. The van der Waals surface area contributed by atoms with Gasteiger partial charge in [0.25, 0.3) is 0 Å². The van der Waals surface area contributed by atoms with Crippen molar-refractivity contribution in [3.8, 4) is 0 Å². The van der Waals surface area contributed by atoms with Crippen LogP contribution >= 0.6 is 0 Å². The SMILES string of the molecule is CCCCOCCCN1C(=O)C(C)NC1c1ccccc1. The second-order valence-corrected chi connectivity index (χ2v) is 5.55. The van der Waals surface area contributed by atoms with E-state index in [0.717, 1.165) is 44.6 Å². The first-order valence-electron chi connectivity index (χ1n) is 7.93. The van der Waals surface area contributed by atoms with Gasteiger partial charge in [0, 0.05) is 19.8 Å². The van der Waals surface area contributed by atoms with Gasteiger partial charge < -0.3 is 9.64 Å². The van der Waals surface area contributed by atoms with Crippen molar-refractivity contribution in [2.24, 2.45) is 0 Å². The lowest BCUT2D eigenvalue weighted by Gasteiger charge is -2.24. The van der Waals surface area contributed by atoms with Gasteiger partial charge in [-0.1, -0.05) is 43.7 Å². The van der Waals surface area contributed by atoms with E-state index in [9.17, 15) is 4.79 Å². The van der Waals surface area contributed by atoms with E-state index in [0.29, 0.717) is 0 Å². The number of carbonyl (C=O) groups is 1. The summed E-state index contributed by atoms with van der Waals surface area (Å²) in [6, 6.07) is 10.0. The maximum Gasteiger partial charge on any atom is 0.241 e. The summed E-state index contributed by atoms with van der Waals surface area (Å²) in [6.45, 7) is 6.36. The average molecular weight is 290 g/mol. The zero-order valence-electron chi connectivity index (χ0n) is 13.0. The number of hydrogen-bond donors (Lipinski definition) is 1. The Hall–Kier alpha value is -1.39. The normalized spacial score (nSPS) is 22.0. The molecule has 1 amide bonds. The predicted octanol–water partition coefficient (Wildman–Crippen LogP) is 2.71. The van der Waals surface area contributed by atoms with E-state index in [4.69, 9.17) is 4.74 Å². The molecule has 1 heterocycles. The monoisotopic (exact) mass is 290 g/mol. The minimum atomic E-state index is -0.115. The molecule has 2 rings (SSSR count). The molecule has 0 spiro atoms. The molecule has 1 aliphatic heterocycles. The first kappa shape index (κ1) is 16.0. The Labute approximate surface area is 127 Å². The summed E-state index contributed by atoms with van der Waals surface area (Å²) in [5.74, 6) is 0.178. The second-order valence-electron chi connectivity index (χ2n) is 5.55. The van der Waals surface area contributed by atoms with Gasteiger partial charge in [-0.15, -0.1) is 0 Å². The molecule has 4 heteroatoms. The fourth-order valence-electron chi connectivity index (χ4n) is 2.61. The Kier molecular flexibility index (Phi) is 6.21. The maximum absolute atomic E-state index is 12.3. The van der Waals surface area contributed by atoms with Gasteiger partial charge in [-0.2, -0.15) is 0 Å². The number of ether oxygens (including phenoxy) is 1. The number of unbranched alkanes of at least 4 members (excludes halogenated alkanes) is 1. The highest BCUT2D eigenvalue weighted by Gasteiger charge is 2.36. The first-order valence-corrected chi connectivity index (χ1v) is 7.93. The highest BCUT2D eigenvalue weighted by molar-refractivity contribution is 5.84. The van der Waals surface area contributed by atoms with E-state index in [2.05, 4.69) is 24.4 Å². The van der Waals surface area contributed by atoms with Gasteiger partial charge in [0.2, 0.25) is 5.91 Å². The molecule has 0 aromatic heterocycles. The molecule has 0 saturated carbocycles. The molecule has 1 aliphatic rings. The lowest BCUT2D eigenvalue weighted by Crippen LogP contribution is -2.32. The Morgan fingerprint density at radius 1 is 1.19 bits per heavy atom. The molecule has 1 aromatic carbocycles. The van der Waals surface area contributed by atoms with E-state index in [1.54, 1.807) is 0 Å². The van der Waals surface area contributed by atoms with Crippen LogP contribution in [-0.2, 0) is 9.53 Å². The summed E-state index contributed by atoms with van der Waals surface area (Å²) in [7, 11) is 0. The summed E-state index contributed by atoms with van der Waals surface area (Å²) in [5.41, 5.74) is 1.14. The van der Waals surface area contributed by atoms with Crippen LogP contribution in [0.1, 0.15) is 44.8 Å². The van der Waals surface area contributed by atoms with Crippen LogP contribution in [0.4, 0.5) is 0 Å². The highest BCUT2D eigenvalue weighted by atomic mass is 16.5. The zero-order valence-corrected chi connectivity index (χ0v) is 13.0. The van der Waals surface area contributed by atoms with Crippen molar-refractivity contribution in [2.45, 2.75) is 45.3 Å². The van der Waals surface area contributed by atoms with Gasteiger partial charge in [0.05, 0.1) is 6.04 Å². The van der Waals surface area contributed by atoms with E-state index >= 15 is 0 Å². The minimum absolute atomic E-state index is 0.00987. The van der Waals surface area contributed by atoms with Gasteiger partial charge in [-0.3, -0.25) is 10.1 Å². The van der Waals surface area contributed by atoms with Crippen LogP contribution < -0.4 is 5.32 Å². The van der Waals surface area contributed by atoms with E-state index in [1.807, 2.05) is 30.0 Å². The van der Waals surface area contributed by atoms with Gasteiger partial charge in [-0.05, 0) is 25.3 Å². The van der Waals surface area contributed by atoms with Crippen LogP contribution in [0.15, 0.2) is 30.3 Å². The maximum atomic E-state index is 12.3. The molecule has 116 valence electrons. The second kappa shape index (κ2) is 8.15. The fraction of sp³-hybridized carbons (Fsp3) is 0.588. The molecule has 1 aromatic rings.